The molecule has 1 saturated heterocycles. The van der Waals surface area contributed by atoms with E-state index < -0.39 is 30.3 Å². The summed E-state index contributed by atoms with van der Waals surface area (Å²) in [6, 6.07) is 10.3. The first-order chi connectivity index (χ1) is 25.2. The van der Waals surface area contributed by atoms with Crippen molar-refractivity contribution in [2.24, 2.45) is 0 Å². The number of halogens is 3. The fourth-order valence-corrected chi connectivity index (χ4v) is 7.12. The van der Waals surface area contributed by atoms with Crippen molar-refractivity contribution in [2.45, 2.75) is 51.7 Å². The number of ether oxygens (including phenoxy) is 3. The number of para-hydroxylation sites is 1. The van der Waals surface area contributed by atoms with Gasteiger partial charge in [0.05, 0.1) is 47.5 Å². The zero-order valence-electron chi connectivity index (χ0n) is 28.4. The van der Waals surface area contributed by atoms with Crippen LogP contribution in [0.3, 0.4) is 0 Å². The van der Waals surface area contributed by atoms with E-state index in [0.717, 1.165) is 34.6 Å². The molecule has 0 unspecified atom stereocenters. The number of imidazole rings is 1. The summed E-state index contributed by atoms with van der Waals surface area (Å²) in [6.07, 6.45) is 3.77. The summed E-state index contributed by atoms with van der Waals surface area (Å²) in [5, 5.41) is 4.81. The second-order valence-corrected chi connectivity index (χ2v) is 12.6. The Hall–Kier alpha value is -5.84. The molecule has 2 aliphatic heterocycles. The number of hydrogen-bond acceptors (Lipinski definition) is 11. The number of alkyl halides is 2. The van der Waals surface area contributed by atoms with Gasteiger partial charge >= 0.3 is 12.6 Å². The SMILES string of the molecule is CCO[C@H]1CN(C)C(=O)[C@@H]2C[C@@H](CN2c2ncnc3c2cnn3-c2ccc(F)cc2OC(F)F)Oc2nccc(n2)-c2cccc3nc(C)n(c23)C1. The van der Waals surface area contributed by atoms with Crippen molar-refractivity contribution in [1.82, 2.24) is 44.2 Å². The molecule has 3 atom stereocenters. The highest BCUT2D eigenvalue weighted by atomic mass is 19.3. The molecule has 4 bridgehead atoms. The summed E-state index contributed by atoms with van der Waals surface area (Å²) < 4.78 is 61.2. The fraction of sp³-hybridized carbons (Fsp3) is 0.343. The largest absolute Gasteiger partial charge is 0.458 e. The van der Waals surface area contributed by atoms with E-state index in [2.05, 4.69) is 29.4 Å². The molecule has 0 aliphatic carbocycles. The first-order valence-corrected chi connectivity index (χ1v) is 16.7. The quantitative estimate of drug-likeness (QED) is 0.240. The van der Waals surface area contributed by atoms with Crippen LogP contribution in [0.5, 0.6) is 11.8 Å². The first-order valence-electron chi connectivity index (χ1n) is 16.7. The van der Waals surface area contributed by atoms with Gasteiger partial charge < -0.3 is 28.6 Å². The zero-order chi connectivity index (χ0) is 36.1. The van der Waals surface area contributed by atoms with Crippen molar-refractivity contribution >= 4 is 33.8 Å². The van der Waals surface area contributed by atoms with E-state index in [0.29, 0.717) is 30.0 Å². The lowest BCUT2D eigenvalue weighted by Gasteiger charge is -2.31. The smallest absolute Gasteiger partial charge is 0.387 e. The minimum absolute atomic E-state index is 0.0451. The van der Waals surface area contributed by atoms with Crippen LogP contribution in [0.4, 0.5) is 19.0 Å². The maximum Gasteiger partial charge on any atom is 0.387 e. The number of fused-ring (bicyclic) bond motifs is 6. The molecule has 1 fully saturated rings. The first kappa shape index (κ1) is 33.3. The van der Waals surface area contributed by atoms with Crippen molar-refractivity contribution in [3.8, 4) is 28.7 Å². The van der Waals surface area contributed by atoms with Gasteiger partial charge in [-0.05, 0) is 38.1 Å². The Bertz CT molecular complexity index is 2300. The average molecular weight is 715 g/mol. The summed E-state index contributed by atoms with van der Waals surface area (Å²) >= 11 is 0. The molecule has 0 radical (unpaired) electrons. The lowest BCUT2D eigenvalue weighted by atomic mass is 10.1. The van der Waals surface area contributed by atoms with Crippen LogP contribution in [0.15, 0.2) is 61.2 Å². The molecular weight excluding hydrogens is 681 g/mol. The van der Waals surface area contributed by atoms with Crippen LogP contribution in [0, 0.1) is 12.7 Å². The van der Waals surface area contributed by atoms with Gasteiger partial charge in [-0.1, -0.05) is 12.1 Å². The van der Waals surface area contributed by atoms with E-state index in [1.54, 1.807) is 18.1 Å². The number of benzene rings is 2. The Morgan fingerprint density at radius 3 is 2.75 bits per heavy atom. The van der Waals surface area contributed by atoms with Gasteiger partial charge in [-0.25, -0.2) is 29.0 Å². The van der Waals surface area contributed by atoms with Gasteiger partial charge in [0.25, 0.3) is 0 Å². The summed E-state index contributed by atoms with van der Waals surface area (Å²) in [5.74, 6) is -0.209. The van der Waals surface area contributed by atoms with E-state index in [-0.39, 0.29) is 48.9 Å². The molecule has 4 aromatic heterocycles. The van der Waals surface area contributed by atoms with E-state index >= 15 is 0 Å². The van der Waals surface area contributed by atoms with Crippen molar-refractivity contribution < 1.29 is 32.2 Å². The van der Waals surface area contributed by atoms with Crippen molar-refractivity contribution in [2.75, 3.05) is 31.6 Å². The summed E-state index contributed by atoms with van der Waals surface area (Å²) in [5.41, 5.74) is 3.49. The molecule has 0 N–H and O–H groups in total. The minimum Gasteiger partial charge on any atom is -0.458 e. The number of aryl methyl sites for hydroxylation is 1. The number of likely N-dealkylation sites (N-methyl/N-ethyl adjacent to an activating group) is 1. The van der Waals surface area contributed by atoms with Crippen molar-refractivity contribution in [1.29, 1.82) is 0 Å². The predicted octanol–water partition coefficient (Wildman–Crippen LogP) is 4.57. The molecule has 14 nitrogen and oxygen atoms in total. The Morgan fingerprint density at radius 2 is 1.92 bits per heavy atom. The topological polar surface area (TPSA) is 138 Å². The van der Waals surface area contributed by atoms with E-state index in [9.17, 15) is 18.0 Å². The van der Waals surface area contributed by atoms with Crippen molar-refractivity contribution in [3.63, 3.8) is 0 Å². The van der Waals surface area contributed by atoms with Gasteiger partial charge in [0.15, 0.2) is 11.4 Å². The number of carbonyl (C=O) groups excluding carboxylic acids is 1. The van der Waals surface area contributed by atoms with Gasteiger partial charge in [0, 0.05) is 44.4 Å². The molecule has 17 heteroatoms. The third-order valence-corrected chi connectivity index (χ3v) is 9.31. The molecule has 8 rings (SSSR count). The van der Waals surface area contributed by atoms with E-state index in [1.807, 2.05) is 43.0 Å². The van der Waals surface area contributed by atoms with Crippen LogP contribution in [0.1, 0.15) is 19.2 Å². The number of carbonyl (C=O) groups is 1. The number of aromatic nitrogens is 8. The zero-order valence-corrected chi connectivity index (χ0v) is 28.4. The second kappa shape index (κ2) is 13.4. The monoisotopic (exact) mass is 714 g/mol. The molecule has 6 heterocycles. The van der Waals surface area contributed by atoms with Crippen LogP contribution < -0.4 is 14.4 Å². The normalized spacial score (nSPS) is 19.3. The molecule has 1 amide bonds. The molecule has 268 valence electrons. The number of rotatable bonds is 6. The summed E-state index contributed by atoms with van der Waals surface area (Å²) in [6.45, 7) is 2.04. The number of amides is 1. The van der Waals surface area contributed by atoms with Crippen LogP contribution in [-0.2, 0) is 16.1 Å². The molecule has 2 aliphatic rings. The maximum absolute atomic E-state index is 14.4. The van der Waals surface area contributed by atoms with Crippen LogP contribution >= 0.6 is 0 Å². The molecule has 0 spiro atoms. The Kier molecular flexibility index (Phi) is 8.57. The minimum atomic E-state index is -3.20. The number of anilines is 1. The third kappa shape index (κ3) is 5.99. The highest BCUT2D eigenvalue weighted by Gasteiger charge is 2.42. The van der Waals surface area contributed by atoms with Crippen molar-refractivity contribution in [3.05, 3.63) is 72.8 Å². The van der Waals surface area contributed by atoms with Gasteiger partial charge in [0.2, 0.25) is 5.91 Å². The van der Waals surface area contributed by atoms with Gasteiger partial charge in [-0.3, -0.25) is 4.79 Å². The van der Waals surface area contributed by atoms with E-state index in [1.165, 1.54) is 23.3 Å². The lowest BCUT2D eigenvalue weighted by Crippen LogP contribution is -2.47. The lowest BCUT2D eigenvalue weighted by molar-refractivity contribution is -0.133. The van der Waals surface area contributed by atoms with Crippen LogP contribution in [0.25, 0.3) is 39.0 Å². The molecular formula is C35H33F3N10O4. The molecule has 0 saturated carbocycles. The molecule has 52 heavy (non-hydrogen) atoms. The second-order valence-electron chi connectivity index (χ2n) is 12.6. The Labute approximate surface area is 294 Å². The van der Waals surface area contributed by atoms with Crippen LogP contribution in [-0.4, -0.2) is 102 Å². The highest BCUT2D eigenvalue weighted by Crippen LogP contribution is 2.35. The fourth-order valence-electron chi connectivity index (χ4n) is 7.12. The van der Waals surface area contributed by atoms with E-state index in [4.69, 9.17) is 19.4 Å². The number of hydrogen-bond donors (Lipinski definition) is 0. The highest BCUT2D eigenvalue weighted by molar-refractivity contribution is 5.93. The van der Waals surface area contributed by atoms with Gasteiger partial charge in [-0.15, -0.1) is 0 Å². The van der Waals surface area contributed by atoms with Gasteiger partial charge in [0.1, 0.15) is 41.6 Å². The standard InChI is InChI=1S/C35H33F3N10O4/c1-4-50-22-15-45(3)33(49)28-13-21(51-35-39-11-10-25(44-35)23-6-5-7-26-30(23)46(17-22)19(2)43-26)16-47(28)31-24-14-42-48(32(24)41-18-40-31)27-9-8-20(36)12-29(27)52-34(37)38/h5-12,14,18,21-22,28,34H,4,13,15-17H2,1-3H3/t21-,22-,28-/m0/s1. The number of nitrogens with zero attached hydrogens (tertiary/aromatic N) is 10. The summed E-state index contributed by atoms with van der Waals surface area (Å²) in [4.78, 5) is 40.9. The van der Waals surface area contributed by atoms with Gasteiger partial charge in [-0.2, -0.15) is 18.9 Å². The summed E-state index contributed by atoms with van der Waals surface area (Å²) in [7, 11) is 1.74. The molecule has 6 aromatic rings. The molecule has 2 aromatic carbocycles. The maximum atomic E-state index is 14.4. The van der Waals surface area contributed by atoms with Crippen LogP contribution in [0.2, 0.25) is 0 Å². The third-order valence-electron chi connectivity index (χ3n) is 9.31. The predicted molar refractivity (Wildman–Crippen MR) is 182 cm³/mol. The average Bonchev–Trinajstić information content (AvgIpc) is 3.83. The Balaban J connectivity index is 1.21. The Morgan fingerprint density at radius 1 is 1.06 bits per heavy atom.